The van der Waals surface area contributed by atoms with Crippen molar-refractivity contribution in [3.63, 3.8) is 0 Å². The highest BCUT2D eigenvalue weighted by atomic mass is 14.9. The van der Waals surface area contributed by atoms with Crippen LogP contribution in [0.2, 0.25) is 0 Å². The molecule has 17 heavy (non-hydrogen) atoms. The molecular weight excluding hydrogens is 208 g/mol. The second kappa shape index (κ2) is 6.15. The topological polar surface area (TPSA) is 24.9 Å². The zero-order chi connectivity index (χ0) is 12.1. The minimum atomic E-state index is 0.508. The van der Waals surface area contributed by atoms with E-state index in [4.69, 9.17) is 0 Å². The first-order chi connectivity index (χ1) is 8.29. The Morgan fingerprint density at radius 1 is 1.41 bits per heavy atom. The van der Waals surface area contributed by atoms with Crippen LogP contribution in [0.1, 0.15) is 56.3 Å². The van der Waals surface area contributed by atoms with E-state index in [1.54, 1.807) is 0 Å². The fourth-order valence-electron chi connectivity index (χ4n) is 2.40. The molecule has 0 saturated heterocycles. The summed E-state index contributed by atoms with van der Waals surface area (Å²) in [5.41, 5.74) is 2.46. The molecule has 1 aromatic rings. The van der Waals surface area contributed by atoms with Crippen molar-refractivity contribution in [2.45, 2.75) is 52.0 Å². The van der Waals surface area contributed by atoms with Crippen LogP contribution >= 0.6 is 0 Å². The lowest BCUT2D eigenvalue weighted by Gasteiger charge is -2.30. The Morgan fingerprint density at radius 3 is 2.76 bits per heavy atom. The summed E-state index contributed by atoms with van der Waals surface area (Å²) >= 11 is 0. The Labute approximate surface area is 105 Å². The molecule has 1 heterocycles. The van der Waals surface area contributed by atoms with E-state index in [1.807, 2.05) is 13.1 Å². The first-order valence-corrected chi connectivity index (χ1v) is 6.95. The Kier molecular flexibility index (Phi) is 4.55. The third kappa shape index (κ3) is 3.53. The molecule has 0 spiro atoms. The van der Waals surface area contributed by atoms with Gasteiger partial charge in [0.2, 0.25) is 0 Å². The molecule has 1 N–H and O–H groups in total. The summed E-state index contributed by atoms with van der Waals surface area (Å²) < 4.78 is 0. The molecule has 1 atom stereocenters. The highest BCUT2D eigenvalue weighted by Gasteiger charge is 2.22. The molecule has 0 radical (unpaired) electrons. The summed E-state index contributed by atoms with van der Waals surface area (Å²) in [6.07, 6.45) is 8.79. The van der Waals surface area contributed by atoms with Crippen molar-refractivity contribution in [3.05, 3.63) is 29.6 Å². The number of rotatable bonds is 6. The maximum absolute atomic E-state index is 4.42. The molecule has 0 bridgehead atoms. The fourth-order valence-corrected chi connectivity index (χ4v) is 2.40. The predicted molar refractivity (Wildman–Crippen MR) is 72.0 cm³/mol. The summed E-state index contributed by atoms with van der Waals surface area (Å²) in [7, 11) is 0. The SMILES string of the molecule is CCCNC(CC1CCC1)c1ccc(C)nc1. The third-order valence-corrected chi connectivity index (χ3v) is 3.77. The van der Waals surface area contributed by atoms with Gasteiger partial charge in [-0.15, -0.1) is 0 Å². The largest absolute Gasteiger partial charge is 0.310 e. The van der Waals surface area contributed by atoms with Crippen molar-refractivity contribution in [2.75, 3.05) is 6.54 Å². The smallest absolute Gasteiger partial charge is 0.0372 e. The van der Waals surface area contributed by atoms with Gasteiger partial charge in [-0.25, -0.2) is 0 Å². The molecule has 2 heteroatoms. The van der Waals surface area contributed by atoms with Gasteiger partial charge < -0.3 is 5.32 Å². The van der Waals surface area contributed by atoms with E-state index in [1.165, 1.54) is 37.7 Å². The number of hydrogen-bond acceptors (Lipinski definition) is 2. The van der Waals surface area contributed by atoms with Crippen LogP contribution in [-0.2, 0) is 0 Å². The van der Waals surface area contributed by atoms with E-state index >= 15 is 0 Å². The van der Waals surface area contributed by atoms with Gasteiger partial charge in [-0.3, -0.25) is 4.98 Å². The van der Waals surface area contributed by atoms with Crippen LogP contribution in [0.25, 0.3) is 0 Å². The highest BCUT2D eigenvalue weighted by molar-refractivity contribution is 5.17. The molecular formula is C15H24N2. The second-order valence-electron chi connectivity index (χ2n) is 5.27. The maximum Gasteiger partial charge on any atom is 0.0372 e. The quantitative estimate of drug-likeness (QED) is 0.810. The van der Waals surface area contributed by atoms with Gasteiger partial charge in [0.25, 0.3) is 0 Å². The molecule has 0 aliphatic heterocycles. The molecule has 1 aliphatic rings. The van der Waals surface area contributed by atoms with Crippen LogP contribution in [0.4, 0.5) is 0 Å². The number of aromatic nitrogens is 1. The Morgan fingerprint density at radius 2 is 2.24 bits per heavy atom. The molecule has 0 aromatic carbocycles. The highest BCUT2D eigenvalue weighted by Crippen LogP contribution is 2.34. The molecule has 1 fully saturated rings. The maximum atomic E-state index is 4.42. The van der Waals surface area contributed by atoms with Crippen molar-refractivity contribution < 1.29 is 0 Å². The van der Waals surface area contributed by atoms with Gasteiger partial charge in [-0.2, -0.15) is 0 Å². The van der Waals surface area contributed by atoms with Gasteiger partial charge in [0.15, 0.2) is 0 Å². The zero-order valence-corrected chi connectivity index (χ0v) is 11.1. The first kappa shape index (κ1) is 12.6. The van der Waals surface area contributed by atoms with Crippen LogP contribution in [0, 0.1) is 12.8 Å². The van der Waals surface area contributed by atoms with Gasteiger partial charge in [-0.1, -0.05) is 32.3 Å². The van der Waals surface area contributed by atoms with Gasteiger partial charge in [0, 0.05) is 17.9 Å². The van der Waals surface area contributed by atoms with Crippen molar-refractivity contribution >= 4 is 0 Å². The summed E-state index contributed by atoms with van der Waals surface area (Å²) in [5, 5.41) is 3.66. The van der Waals surface area contributed by atoms with Gasteiger partial charge in [0.1, 0.15) is 0 Å². The van der Waals surface area contributed by atoms with E-state index in [2.05, 4.69) is 29.4 Å². The number of aryl methyl sites for hydroxylation is 1. The molecule has 2 nitrogen and oxygen atoms in total. The summed E-state index contributed by atoms with van der Waals surface area (Å²) in [6, 6.07) is 4.86. The van der Waals surface area contributed by atoms with Crippen LogP contribution in [0.5, 0.6) is 0 Å². The average Bonchev–Trinajstić information content (AvgIpc) is 2.28. The van der Waals surface area contributed by atoms with Crippen molar-refractivity contribution in [3.8, 4) is 0 Å². The van der Waals surface area contributed by atoms with Crippen LogP contribution < -0.4 is 5.32 Å². The van der Waals surface area contributed by atoms with E-state index in [-0.39, 0.29) is 0 Å². The third-order valence-electron chi connectivity index (χ3n) is 3.77. The van der Waals surface area contributed by atoms with E-state index in [0.29, 0.717) is 6.04 Å². The predicted octanol–water partition coefficient (Wildman–Crippen LogP) is 3.62. The molecule has 1 unspecified atom stereocenters. The molecule has 0 amide bonds. The lowest BCUT2D eigenvalue weighted by Crippen LogP contribution is -2.26. The van der Waals surface area contributed by atoms with E-state index in [9.17, 15) is 0 Å². The van der Waals surface area contributed by atoms with Crippen molar-refractivity contribution in [1.29, 1.82) is 0 Å². The summed E-state index contributed by atoms with van der Waals surface area (Å²) in [4.78, 5) is 4.42. The number of pyridine rings is 1. The molecule has 1 saturated carbocycles. The minimum Gasteiger partial charge on any atom is -0.310 e. The van der Waals surface area contributed by atoms with Gasteiger partial charge in [0.05, 0.1) is 0 Å². The Hall–Kier alpha value is -0.890. The normalized spacial score (nSPS) is 17.8. The van der Waals surface area contributed by atoms with E-state index in [0.717, 1.165) is 18.2 Å². The summed E-state index contributed by atoms with van der Waals surface area (Å²) in [5.74, 6) is 0.936. The van der Waals surface area contributed by atoms with Gasteiger partial charge >= 0.3 is 0 Å². The van der Waals surface area contributed by atoms with Crippen LogP contribution in [0.3, 0.4) is 0 Å². The number of nitrogens with one attached hydrogen (secondary N) is 1. The monoisotopic (exact) mass is 232 g/mol. The zero-order valence-electron chi connectivity index (χ0n) is 11.1. The molecule has 1 aromatic heterocycles. The Balaban J connectivity index is 1.99. The summed E-state index contributed by atoms with van der Waals surface area (Å²) in [6.45, 7) is 5.37. The van der Waals surface area contributed by atoms with Crippen molar-refractivity contribution in [1.82, 2.24) is 10.3 Å². The fraction of sp³-hybridized carbons (Fsp3) is 0.667. The van der Waals surface area contributed by atoms with Crippen LogP contribution in [0.15, 0.2) is 18.3 Å². The van der Waals surface area contributed by atoms with Gasteiger partial charge in [-0.05, 0) is 43.9 Å². The molecule has 1 aliphatic carbocycles. The minimum absolute atomic E-state index is 0.508. The van der Waals surface area contributed by atoms with Crippen LogP contribution in [-0.4, -0.2) is 11.5 Å². The first-order valence-electron chi connectivity index (χ1n) is 6.95. The number of hydrogen-bond donors (Lipinski definition) is 1. The van der Waals surface area contributed by atoms with E-state index < -0.39 is 0 Å². The standard InChI is InChI=1S/C15H24N2/c1-3-9-16-15(10-13-5-4-6-13)14-8-7-12(2)17-11-14/h7-8,11,13,15-16H,3-6,9-10H2,1-2H3. The lowest BCUT2D eigenvalue weighted by molar-refractivity contribution is 0.261. The Bertz CT molecular complexity index is 327. The van der Waals surface area contributed by atoms with Crippen molar-refractivity contribution in [2.24, 2.45) is 5.92 Å². The average molecular weight is 232 g/mol. The lowest BCUT2D eigenvalue weighted by atomic mass is 9.80. The molecule has 2 rings (SSSR count). The molecule has 94 valence electrons. The second-order valence-corrected chi connectivity index (χ2v) is 5.27. The number of nitrogens with zero attached hydrogens (tertiary/aromatic N) is 1.